The molecule has 3 rings (SSSR count). The third-order valence-electron chi connectivity index (χ3n) is 5.76. The molecule has 6 heteroatoms. The number of amides is 2. The number of aromatic nitrogens is 1. The van der Waals surface area contributed by atoms with Crippen molar-refractivity contribution in [3.8, 4) is 0 Å². The molecule has 0 aliphatic carbocycles. The van der Waals surface area contributed by atoms with Gasteiger partial charge in [-0.25, -0.2) is 0 Å². The summed E-state index contributed by atoms with van der Waals surface area (Å²) in [5.74, 6) is 0.506. The molecule has 0 unspecified atom stereocenters. The molecule has 136 valence electrons. The molecule has 2 aliphatic rings. The molecule has 2 amide bonds. The second kappa shape index (κ2) is 7.52. The van der Waals surface area contributed by atoms with Gasteiger partial charge in [-0.3, -0.25) is 14.6 Å². The number of hydrogen-bond donors (Lipinski definition) is 0. The van der Waals surface area contributed by atoms with Gasteiger partial charge in [0.2, 0.25) is 11.8 Å². The highest BCUT2D eigenvalue weighted by Gasteiger charge is 2.54. The molecule has 2 fully saturated rings. The lowest BCUT2D eigenvalue weighted by atomic mass is 9.74. The van der Waals surface area contributed by atoms with Crippen LogP contribution >= 0.6 is 0 Å². The number of nitrogens with zero attached hydrogens (tertiary/aromatic N) is 3. The molecule has 2 saturated heterocycles. The van der Waals surface area contributed by atoms with E-state index < -0.39 is 0 Å². The normalized spacial score (nSPS) is 22.6. The van der Waals surface area contributed by atoms with Crippen LogP contribution in [0.5, 0.6) is 0 Å². The van der Waals surface area contributed by atoms with Gasteiger partial charge in [-0.1, -0.05) is 13.0 Å². The first kappa shape index (κ1) is 17.9. The number of likely N-dealkylation sites (tertiary alicyclic amines) is 2. The van der Waals surface area contributed by atoms with Gasteiger partial charge < -0.3 is 14.5 Å². The van der Waals surface area contributed by atoms with Gasteiger partial charge in [-0.2, -0.15) is 0 Å². The van der Waals surface area contributed by atoms with Gasteiger partial charge in [0.25, 0.3) is 0 Å². The van der Waals surface area contributed by atoms with Gasteiger partial charge in [0.15, 0.2) is 0 Å². The van der Waals surface area contributed by atoms with Crippen molar-refractivity contribution in [1.82, 2.24) is 14.8 Å². The Bertz CT molecular complexity index is 612. The Hall–Kier alpha value is -1.95. The third kappa shape index (κ3) is 3.27. The molecule has 3 heterocycles. The molecule has 1 aromatic rings. The molecule has 0 N–H and O–H groups in total. The second-order valence-electron chi connectivity index (χ2n) is 6.92. The summed E-state index contributed by atoms with van der Waals surface area (Å²) in [5, 5.41) is 0. The summed E-state index contributed by atoms with van der Waals surface area (Å²) in [5.41, 5.74) is 0.884. The number of piperidine rings is 1. The van der Waals surface area contributed by atoms with Gasteiger partial charge in [0.05, 0.1) is 12.1 Å². The van der Waals surface area contributed by atoms with Crippen LogP contribution in [0.2, 0.25) is 0 Å². The summed E-state index contributed by atoms with van der Waals surface area (Å²) in [6.45, 7) is 4.45. The predicted octanol–water partition coefficient (Wildman–Crippen LogP) is 1.82. The topological polar surface area (TPSA) is 62.7 Å². The van der Waals surface area contributed by atoms with E-state index in [1.165, 1.54) is 0 Å². The highest BCUT2D eigenvalue weighted by atomic mass is 16.5. The lowest BCUT2D eigenvalue weighted by Gasteiger charge is -2.48. The van der Waals surface area contributed by atoms with E-state index in [2.05, 4.69) is 11.1 Å². The third-order valence-corrected chi connectivity index (χ3v) is 5.76. The van der Waals surface area contributed by atoms with E-state index in [1.807, 2.05) is 29.0 Å². The number of carbonyl (C=O) groups is 2. The Morgan fingerprint density at radius 3 is 2.76 bits per heavy atom. The summed E-state index contributed by atoms with van der Waals surface area (Å²) < 4.78 is 5.23. The smallest absolute Gasteiger partial charge is 0.223 e. The SMILES string of the molecule is CCC(=O)N1CCC2(CC1)[C@@H](c1cccnc1)CC(=O)N2CCOC. The van der Waals surface area contributed by atoms with Crippen LogP contribution in [-0.2, 0) is 14.3 Å². The quantitative estimate of drug-likeness (QED) is 0.817. The maximum absolute atomic E-state index is 12.8. The maximum Gasteiger partial charge on any atom is 0.223 e. The zero-order valence-corrected chi connectivity index (χ0v) is 15.1. The van der Waals surface area contributed by atoms with E-state index in [0.717, 1.165) is 18.4 Å². The molecule has 1 atom stereocenters. The van der Waals surface area contributed by atoms with Crippen LogP contribution in [0, 0.1) is 0 Å². The number of carbonyl (C=O) groups excluding carboxylic acids is 2. The fourth-order valence-corrected chi connectivity index (χ4v) is 4.44. The van der Waals surface area contributed by atoms with Gasteiger partial charge in [0, 0.05) is 57.9 Å². The van der Waals surface area contributed by atoms with Gasteiger partial charge >= 0.3 is 0 Å². The first-order valence-electron chi connectivity index (χ1n) is 9.09. The van der Waals surface area contributed by atoms with E-state index >= 15 is 0 Å². The van der Waals surface area contributed by atoms with E-state index in [0.29, 0.717) is 39.1 Å². The molecule has 2 aliphatic heterocycles. The van der Waals surface area contributed by atoms with Crippen molar-refractivity contribution >= 4 is 11.8 Å². The zero-order chi connectivity index (χ0) is 17.9. The van der Waals surface area contributed by atoms with Gasteiger partial charge in [-0.05, 0) is 24.5 Å². The summed E-state index contributed by atoms with van der Waals surface area (Å²) in [6.07, 6.45) is 6.31. The Morgan fingerprint density at radius 1 is 1.40 bits per heavy atom. The lowest BCUT2D eigenvalue weighted by Crippen LogP contribution is -2.56. The minimum Gasteiger partial charge on any atom is -0.383 e. The summed E-state index contributed by atoms with van der Waals surface area (Å²) >= 11 is 0. The van der Waals surface area contributed by atoms with Crippen molar-refractivity contribution in [3.05, 3.63) is 30.1 Å². The Labute approximate surface area is 149 Å². The van der Waals surface area contributed by atoms with Crippen LogP contribution in [0.3, 0.4) is 0 Å². The Balaban J connectivity index is 1.89. The maximum atomic E-state index is 12.8. The fourth-order valence-electron chi connectivity index (χ4n) is 4.44. The zero-order valence-electron chi connectivity index (χ0n) is 15.1. The number of rotatable bonds is 5. The van der Waals surface area contributed by atoms with Crippen molar-refractivity contribution in [3.63, 3.8) is 0 Å². The average molecular weight is 345 g/mol. The summed E-state index contributed by atoms with van der Waals surface area (Å²) in [4.78, 5) is 33.0. The standard InChI is InChI=1S/C19H27N3O3/c1-3-17(23)21-9-6-19(7-10-21)16(15-5-4-8-20-14-15)13-18(24)22(19)11-12-25-2/h4-5,8,14,16H,3,6-7,9-13H2,1-2H3/t16-/m1/s1. The summed E-state index contributed by atoms with van der Waals surface area (Å²) in [6, 6.07) is 4.00. The fraction of sp³-hybridized carbons (Fsp3) is 0.632. The predicted molar refractivity (Wildman–Crippen MR) is 94.0 cm³/mol. The van der Waals surface area contributed by atoms with E-state index in [1.54, 1.807) is 13.3 Å². The lowest BCUT2D eigenvalue weighted by molar-refractivity contribution is -0.137. The Kier molecular flexibility index (Phi) is 5.37. The first-order chi connectivity index (χ1) is 12.1. The van der Waals surface area contributed by atoms with Crippen LogP contribution < -0.4 is 0 Å². The van der Waals surface area contributed by atoms with Crippen LogP contribution in [0.25, 0.3) is 0 Å². The number of ether oxygens (including phenoxy) is 1. The molecule has 1 spiro atoms. The van der Waals surface area contributed by atoms with E-state index in [9.17, 15) is 9.59 Å². The first-order valence-corrected chi connectivity index (χ1v) is 9.09. The molecule has 0 bridgehead atoms. The molecule has 0 radical (unpaired) electrons. The van der Waals surface area contributed by atoms with Crippen LogP contribution in [0.1, 0.15) is 44.1 Å². The molecular weight excluding hydrogens is 318 g/mol. The second-order valence-corrected chi connectivity index (χ2v) is 6.92. The molecule has 0 aromatic carbocycles. The van der Waals surface area contributed by atoms with Crippen molar-refractivity contribution < 1.29 is 14.3 Å². The Morgan fingerprint density at radius 2 is 2.16 bits per heavy atom. The minimum absolute atomic E-state index is 0.129. The largest absolute Gasteiger partial charge is 0.383 e. The highest BCUT2D eigenvalue weighted by Crippen LogP contribution is 2.48. The molecule has 6 nitrogen and oxygen atoms in total. The summed E-state index contributed by atoms with van der Waals surface area (Å²) in [7, 11) is 1.66. The van der Waals surface area contributed by atoms with Gasteiger partial charge in [0.1, 0.15) is 0 Å². The van der Waals surface area contributed by atoms with E-state index in [4.69, 9.17) is 4.74 Å². The highest BCUT2D eigenvalue weighted by molar-refractivity contribution is 5.82. The molecular formula is C19H27N3O3. The van der Waals surface area contributed by atoms with Crippen LogP contribution in [-0.4, -0.2) is 65.5 Å². The number of hydrogen-bond acceptors (Lipinski definition) is 4. The van der Waals surface area contributed by atoms with Crippen molar-refractivity contribution in [1.29, 1.82) is 0 Å². The average Bonchev–Trinajstić information content (AvgIpc) is 2.92. The van der Waals surface area contributed by atoms with Crippen LogP contribution in [0.15, 0.2) is 24.5 Å². The number of pyridine rings is 1. The van der Waals surface area contributed by atoms with Crippen molar-refractivity contribution in [2.24, 2.45) is 0 Å². The number of methoxy groups -OCH3 is 1. The van der Waals surface area contributed by atoms with Crippen molar-refractivity contribution in [2.75, 3.05) is 33.4 Å². The van der Waals surface area contributed by atoms with E-state index in [-0.39, 0.29) is 23.3 Å². The van der Waals surface area contributed by atoms with Gasteiger partial charge in [-0.15, -0.1) is 0 Å². The molecule has 25 heavy (non-hydrogen) atoms. The minimum atomic E-state index is -0.233. The molecule has 0 saturated carbocycles. The monoisotopic (exact) mass is 345 g/mol. The van der Waals surface area contributed by atoms with Crippen LogP contribution in [0.4, 0.5) is 0 Å². The molecule has 1 aromatic heterocycles. The van der Waals surface area contributed by atoms with Crippen molar-refractivity contribution in [2.45, 2.75) is 44.1 Å².